The second-order valence-electron chi connectivity index (χ2n) is 6.07. The summed E-state index contributed by atoms with van der Waals surface area (Å²) in [6.45, 7) is 0.825. The van der Waals surface area contributed by atoms with Crippen molar-refractivity contribution in [2.75, 3.05) is 19.7 Å². The van der Waals surface area contributed by atoms with Crippen LogP contribution in [0.5, 0.6) is 5.75 Å². The zero-order valence-corrected chi connectivity index (χ0v) is 14.7. The molecular formula is C18H21NO5S. The van der Waals surface area contributed by atoms with E-state index in [2.05, 4.69) is 0 Å². The zero-order chi connectivity index (χ0) is 17.7. The Morgan fingerprint density at radius 2 is 1.84 bits per heavy atom. The van der Waals surface area contributed by atoms with E-state index in [0.717, 1.165) is 0 Å². The first-order valence-corrected chi connectivity index (χ1v) is 9.96. The van der Waals surface area contributed by atoms with Crippen molar-refractivity contribution in [1.82, 2.24) is 4.90 Å². The molecule has 0 unspecified atom stereocenters. The van der Waals surface area contributed by atoms with E-state index in [1.54, 1.807) is 29.2 Å². The number of rotatable bonds is 6. The van der Waals surface area contributed by atoms with Crippen molar-refractivity contribution in [3.8, 4) is 5.75 Å². The lowest BCUT2D eigenvalue weighted by molar-refractivity contribution is -0.134. The number of likely N-dealkylation sites (tertiary alicyclic amines) is 1. The highest BCUT2D eigenvalue weighted by Gasteiger charge is 2.32. The molecule has 0 saturated carbocycles. The fraction of sp³-hybridized carbons (Fsp3) is 0.389. The van der Waals surface area contributed by atoms with Gasteiger partial charge in [-0.1, -0.05) is 18.2 Å². The van der Waals surface area contributed by atoms with E-state index in [-0.39, 0.29) is 18.3 Å². The molecule has 0 spiro atoms. The highest BCUT2D eigenvalue weighted by molar-refractivity contribution is 7.91. The smallest absolute Gasteiger partial charge is 0.260 e. The van der Waals surface area contributed by atoms with Crippen LogP contribution in [-0.4, -0.2) is 44.2 Å². The van der Waals surface area contributed by atoms with Gasteiger partial charge in [0, 0.05) is 13.1 Å². The van der Waals surface area contributed by atoms with Crippen LogP contribution in [0.15, 0.2) is 53.1 Å². The van der Waals surface area contributed by atoms with Gasteiger partial charge < -0.3 is 14.1 Å². The number of furan rings is 1. The number of carbonyl (C=O) groups excluding carboxylic acids is 1. The minimum atomic E-state index is -3.27. The Labute approximate surface area is 147 Å². The number of carbonyl (C=O) groups is 1. The van der Waals surface area contributed by atoms with Gasteiger partial charge >= 0.3 is 0 Å². The molecule has 1 aromatic carbocycles. The molecule has 3 rings (SSSR count). The Balaban J connectivity index is 1.48. The van der Waals surface area contributed by atoms with Gasteiger partial charge in [0.2, 0.25) is 0 Å². The average molecular weight is 363 g/mol. The van der Waals surface area contributed by atoms with E-state index < -0.39 is 15.1 Å². The molecule has 0 atom stereocenters. The topological polar surface area (TPSA) is 76.8 Å². The van der Waals surface area contributed by atoms with E-state index in [0.29, 0.717) is 37.4 Å². The number of piperidine rings is 1. The van der Waals surface area contributed by atoms with Gasteiger partial charge in [-0.05, 0) is 37.1 Å². The van der Waals surface area contributed by atoms with Crippen molar-refractivity contribution in [3.63, 3.8) is 0 Å². The van der Waals surface area contributed by atoms with Crippen LogP contribution < -0.4 is 4.74 Å². The second kappa shape index (κ2) is 7.74. The van der Waals surface area contributed by atoms with Gasteiger partial charge in [-0.2, -0.15) is 0 Å². The molecule has 25 heavy (non-hydrogen) atoms. The normalized spacial score (nSPS) is 15.9. The van der Waals surface area contributed by atoms with E-state index in [1.165, 1.54) is 6.26 Å². The van der Waals surface area contributed by atoms with Gasteiger partial charge in [-0.15, -0.1) is 0 Å². The van der Waals surface area contributed by atoms with E-state index >= 15 is 0 Å². The van der Waals surface area contributed by atoms with Crippen LogP contribution in [0.4, 0.5) is 0 Å². The van der Waals surface area contributed by atoms with Crippen LogP contribution in [0.3, 0.4) is 0 Å². The molecule has 0 aliphatic carbocycles. The standard InChI is InChI=1S/C18H21NO5S/c20-18(13-24-15-5-2-1-3-6-15)19-10-8-17(9-11-19)25(21,22)14-16-7-4-12-23-16/h1-7,12,17H,8-11,13-14H2. The first-order valence-electron chi connectivity index (χ1n) is 8.24. The number of hydrogen-bond donors (Lipinski definition) is 0. The summed E-state index contributed by atoms with van der Waals surface area (Å²) < 4.78 is 35.5. The Hall–Kier alpha value is -2.28. The van der Waals surface area contributed by atoms with Crippen molar-refractivity contribution in [3.05, 3.63) is 54.5 Å². The third-order valence-electron chi connectivity index (χ3n) is 4.33. The van der Waals surface area contributed by atoms with Gasteiger partial charge in [0.15, 0.2) is 16.4 Å². The number of ether oxygens (including phenoxy) is 1. The summed E-state index contributed by atoms with van der Waals surface area (Å²) >= 11 is 0. The van der Waals surface area contributed by atoms with Crippen LogP contribution in [0.1, 0.15) is 18.6 Å². The predicted octanol–water partition coefficient (Wildman–Crippen LogP) is 2.26. The number of nitrogens with zero attached hydrogens (tertiary/aromatic N) is 1. The van der Waals surface area contributed by atoms with Gasteiger partial charge in [-0.3, -0.25) is 4.79 Å². The summed E-state index contributed by atoms with van der Waals surface area (Å²) in [6, 6.07) is 12.5. The number of benzene rings is 1. The number of sulfone groups is 1. The van der Waals surface area contributed by atoms with E-state index in [4.69, 9.17) is 9.15 Å². The molecule has 2 aromatic rings. The molecule has 1 saturated heterocycles. The maximum absolute atomic E-state index is 12.5. The summed E-state index contributed by atoms with van der Waals surface area (Å²) in [7, 11) is -3.27. The molecule has 1 fully saturated rings. The molecule has 1 aromatic heterocycles. The molecule has 7 heteroatoms. The largest absolute Gasteiger partial charge is 0.484 e. The van der Waals surface area contributed by atoms with Crippen molar-refractivity contribution in [2.24, 2.45) is 0 Å². The quantitative estimate of drug-likeness (QED) is 0.787. The average Bonchev–Trinajstić information content (AvgIpc) is 3.13. The molecule has 0 bridgehead atoms. The summed E-state index contributed by atoms with van der Waals surface area (Å²) in [5.41, 5.74) is 0. The van der Waals surface area contributed by atoms with Gasteiger partial charge in [-0.25, -0.2) is 8.42 Å². The first-order chi connectivity index (χ1) is 12.0. The van der Waals surface area contributed by atoms with Crippen LogP contribution in [-0.2, 0) is 20.4 Å². The van der Waals surface area contributed by atoms with Crippen molar-refractivity contribution in [2.45, 2.75) is 23.8 Å². The Morgan fingerprint density at radius 1 is 1.12 bits per heavy atom. The van der Waals surface area contributed by atoms with Crippen LogP contribution in [0.25, 0.3) is 0 Å². The Bertz CT molecular complexity index is 778. The molecule has 1 amide bonds. The summed E-state index contributed by atoms with van der Waals surface area (Å²) in [5, 5.41) is -0.434. The fourth-order valence-corrected chi connectivity index (χ4v) is 4.65. The minimum Gasteiger partial charge on any atom is -0.484 e. The summed E-state index contributed by atoms with van der Waals surface area (Å²) in [6.07, 6.45) is 2.36. The SMILES string of the molecule is O=C(COc1ccccc1)N1CCC(S(=O)(=O)Cc2ccco2)CC1. The highest BCUT2D eigenvalue weighted by atomic mass is 32.2. The predicted molar refractivity (Wildman–Crippen MR) is 92.9 cm³/mol. The molecule has 6 nitrogen and oxygen atoms in total. The van der Waals surface area contributed by atoms with Crippen molar-refractivity contribution < 1.29 is 22.4 Å². The van der Waals surface area contributed by atoms with Crippen molar-refractivity contribution >= 4 is 15.7 Å². The fourth-order valence-electron chi connectivity index (χ4n) is 2.93. The molecule has 1 aliphatic heterocycles. The molecule has 2 heterocycles. The Morgan fingerprint density at radius 3 is 2.48 bits per heavy atom. The maximum atomic E-state index is 12.5. The van der Waals surface area contributed by atoms with E-state index in [1.807, 2.05) is 18.2 Å². The van der Waals surface area contributed by atoms with Crippen LogP contribution >= 0.6 is 0 Å². The van der Waals surface area contributed by atoms with Crippen molar-refractivity contribution in [1.29, 1.82) is 0 Å². The first kappa shape index (κ1) is 17.5. The number of hydrogen-bond acceptors (Lipinski definition) is 5. The lowest BCUT2D eigenvalue weighted by Gasteiger charge is -2.31. The zero-order valence-electron chi connectivity index (χ0n) is 13.8. The third kappa shape index (κ3) is 4.63. The van der Waals surface area contributed by atoms with Crippen LogP contribution in [0.2, 0.25) is 0 Å². The van der Waals surface area contributed by atoms with Gasteiger partial charge in [0.25, 0.3) is 5.91 Å². The Kier molecular flexibility index (Phi) is 5.43. The summed E-state index contributed by atoms with van der Waals surface area (Å²) in [4.78, 5) is 13.9. The van der Waals surface area contributed by atoms with Crippen LogP contribution in [0, 0.1) is 0 Å². The number of para-hydroxylation sites is 1. The summed E-state index contributed by atoms with van der Waals surface area (Å²) in [5.74, 6) is 0.891. The lowest BCUT2D eigenvalue weighted by Crippen LogP contribution is -2.44. The minimum absolute atomic E-state index is 0.0339. The maximum Gasteiger partial charge on any atom is 0.260 e. The van der Waals surface area contributed by atoms with Gasteiger partial charge in [0.1, 0.15) is 17.3 Å². The molecular weight excluding hydrogens is 342 g/mol. The lowest BCUT2D eigenvalue weighted by atomic mass is 10.1. The highest BCUT2D eigenvalue weighted by Crippen LogP contribution is 2.22. The molecule has 0 radical (unpaired) electrons. The van der Waals surface area contributed by atoms with Gasteiger partial charge in [0.05, 0.1) is 11.5 Å². The second-order valence-corrected chi connectivity index (χ2v) is 8.35. The monoisotopic (exact) mass is 363 g/mol. The number of amides is 1. The molecule has 1 aliphatic rings. The van der Waals surface area contributed by atoms with E-state index in [9.17, 15) is 13.2 Å². The molecule has 0 N–H and O–H groups in total. The molecule has 134 valence electrons. The third-order valence-corrected chi connectivity index (χ3v) is 6.51.